The van der Waals surface area contributed by atoms with E-state index in [2.05, 4.69) is 36.3 Å². The third-order valence-electron chi connectivity index (χ3n) is 3.81. The number of nitrogens with zero attached hydrogens (tertiary/aromatic N) is 1. The Balaban J connectivity index is 2.17. The first-order chi connectivity index (χ1) is 9.65. The fourth-order valence-electron chi connectivity index (χ4n) is 2.45. The van der Waals surface area contributed by atoms with Crippen molar-refractivity contribution in [1.29, 1.82) is 0 Å². The number of carbonyl (C=O) groups excluding carboxylic acids is 1. The summed E-state index contributed by atoms with van der Waals surface area (Å²) in [5.74, 6) is 0.207. The third-order valence-corrected chi connectivity index (χ3v) is 4.85. The highest BCUT2D eigenvalue weighted by Crippen LogP contribution is 2.26. The fourth-order valence-corrected chi connectivity index (χ4v) is 3.29. The minimum Gasteiger partial charge on any atom is -0.292 e. The van der Waals surface area contributed by atoms with Crippen LogP contribution >= 0.6 is 11.3 Å². The summed E-state index contributed by atoms with van der Waals surface area (Å²) in [6.07, 6.45) is 0.819. The van der Waals surface area contributed by atoms with E-state index < -0.39 is 0 Å². The van der Waals surface area contributed by atoms with Crippen molar-refractivity contribution < 1.29 is 4.79 Å². The highest BCUT2D eigenvalue weighted by Gasteiger charge is 2.26. The van der Waals surface area contributed by atoms with E-state index >= 15 is 0 Å². The molecule has 20 heavy (non-hydrogen) atoms. The molecule has 1 heterocycles. The molecule has 0 N–H and O–H groups in total. The molecular formula is C17H21NOS. The highest BCUT2D eigenvalue weighted by atomic mass is 32.1. The summed E-state index contributed by atoms with van der Waals surface area (Å²) < 4.78 is 0. The summed E-state index contributed by atoms with van der Waals surface area (Å²) in [5.41, 5.74) is 0.796. The number of hydrogen-bond acceptors (Lipinski definition) is 3. The van der Waals surface area contributed by atoms with Crippen LogP contribution in [0, 0.1) is 0 Å². The predicted octanol–water partition coefficient (Wildman–Crippen LogP) is 4.40. The lowest BCUT2D eigenvalue weighted by atomic mass is 9.99. The Labute approximate surface area is 125 Å². The number of thiophene rings is 1. The quantitative estimate of drug-likeness (QED) is 0.734. The minimum absolute atomic E-state index is 0.0745. The Morgan fingerprint density at radius 1 is 1.20 bits per heavy atom. The summed E-state index contributed by atoms with van der Waals surface area (Å²) in [6.45, 7) is 4.23. The molecule has 2 atom stereocenters. The van der Waals surface area contributed by atoms with Gasteiger partial charge in [0.05, 0.1) is 6.04 Å². The van der Waals surface area contributed by atoms with Gasteiger partial charge >= 0.3 is 0 Å². The molecule has 0 aliphatic carbocycles. The molecule has 0 fully saturated rings. The van der Waals surface area contributed by atoms with Gasteiger partial charge in [0.15, 0.2) is 5.78 Å². The minimum atomic E-state index is -0.0745. The zero-order chi connectivity index (χ0) is 14.5. The highest BCUT2D eigenvalue weighted by molar-refractivity contribution is 7.10. The second kappa shape index (κ2) is 6.82. The predicted molar refractivity (Wildman–Crippen MR) is 85.3 cm³/mol. The van der Waals surface area contributed by atoms with Crippen molar-refractivity contribution in [2.24, 2.45) is 0 Å². The molecule has 1 aromatic heterocycles. The fraction of sp³-hybridized carbons (Fsp3) is 0.353. The van der Waals surface area contributed by atoms with Crippen molar-refractivity contribution >= 4 is 17.1 Å². The van der Waals surface area contributed by atoms with Gasteiger partial charge in [-0.1, -0.05) is 43.3 Å². The molecule has 0 saturated heterocycles. The van der Waals surface area contributed by atoms with Gasteiger partial charge < -0.3 is 0 Å². The van der Waals surface area contributed by atoms with Crippen LogP contribution in [-0.2, 0) is 0 Å². The van der Waals surface area contributed by atoms with E-state index in [9.17, 15) is 4.79 Å². The largest absolute Gasteiger partial charge is 0.292 e. The molecule has 0 bridgehead atoms. The normalized spacial score (nSPS) is 14.2. The molecule has 0 spiro atoms. The number of Topliss-reactive ketones (excluding diaryl/α,β-unsaturated/α-hetero) is 1. The van der Waals surface area contributed by atoms with Crippen LogP contribution in [0.2, 0.25) is 0 Å². The lowest BCUT2D eigenvalue weighted by molar-refractivity contribution is 0.0799. The molecule has 106 valence electrons. The van der Waals surface area contributed by atoms with Crippen LogP contribution in [0.5, 0.6) is 0 Å². The molecule has 2 rings (SSSR count). The average Bonchev–Trinajstić information content (AvgIpc) is 3.02. The van der Waals surface area contributed by atoms with Crippen molar-refractivity contribution in [3.63, 3.8) is 0 Å². The van der Waals surface area contributed by atoms with Crippen LogP contribution in [0.4, 0.5) is 0 Å². The Bertz CT molecular complexity index is 535. The molecule has 1 aromatic carbocycles. The molecule has 0 amide bonds. The number of likely N-dealkylation sites (N-methyl/N-ethyl adjacent to an activating group) is 1. The first kappa shape index (κ1) is 14.9. The van der Waals surface area contributed by atoms with E-state index in [1.165, 1.54) is 4.88 Å². The maximum absolute atomic E-state index is 12.7. The molecule has 2 nitrogen and oxygen atoms in total. The van der Waals surface area contributed by atoms with Crippen LogP contribution < -0.4 is 0 Å². The molecule has 0 radical (unpaired) electrons. The molecule has 2 aromatic rings. The van der Waals surface area contributed by atoms with Crippen molar-refractivity contribution in [1.82, 2.24) is 4.90 Å². The second-order valence-electron chi connectivity index (χ2n) is 5.01. The van der Waals surface area contributed by atoms with Crippen LogP contribution in [0.1, 0.15) is 41.5 Å². The summed E-state index contributed by atoms with van der Waals surface area (Å²) in [6, 6.07) is 13.9. The number of rotatable bonds is 6. The zero-order valence-electron chi connectivity index (χ0n) is 12.2. The number of carbonyl (C=O) groups is 1. The van der Waals surface area contributed by atoms with E-state index in [1.54, 1.807) is 11.3 Å². The van der Waals surface area contributed by atoms with Gasteiger partial charge in [-0.25, -0.2) is 0 Å². The summed E-state index contributed by atoms with van der Waals surface area (Å²) >= 11 is 1.74. The molecule has 0 saturated carbocycles. The van der Waals surface area contributed by atoms with E-state index in [4.69, 9.17) is 0 Å². The summed E-state index contributed by atoms with van der Waals surface area (Å²) in [5, 5.41) is 2.08. The van der Waals surface area contributed by atoms with Gasteiger partial charge in [0, 0.05) is 16.5 Å². The number of ketones is 1. The third kappa shape index (κ3) is 3.17. The Morgan fingerprint density at radius 2 is 1.90 bits per heavy atom. The Morgan fingerprint density at radius 3 is 2.45 bits per heavy atom. The first-order valence-corrected chi connectivity index (χ1v) is 7.87. The zero-order valence-corrected chi connectivity index (χ0v) is 13.1. The maximum atomic E-state index is 12.7. The lowest BCUT2D eigenvalue weighted by Crippen LogP contribution is -2.39. The monoisotopic (exact) mass is 287 g/mol. The maximum Gasteiger partial charge on any atom is 0.179 e. The van der Waals surface area contributed by atoms with Crippen molar-refractivity contribution in [3.05, 3.63) is 58.3 Å². The standard InChI is InChI=1S/C17H21NOS/c1-4-15(17(19)14-9-6-5-7-10-14)18(3)13(2)16-11-8-12-20-16/h5-13,15H,4H2,1-3H3. The Hall–Kier alpha value is -1.45. The van der Waals surface area contributed by atoms with Gasteiger partial charge in [-0.15, -0.1) is 11.3 Å². The van der Waals surface area contributed by atoms with Gasteiger partial charge in [0.25, 0.3) is 0 Å². The Kier molecular flexibility index (Phi) is 5.10. The van der Waals surface area contributed by atoms with E-state index in [1.807, 2.05) is 37.4 Å². The topological polar surface area (TPSA) is 20.3 Å². The van der Waals surface area contributed by atoms with E-state index in [0.29, 0.717) is 0 Å². The van der Waals surface area contributed by atoms with Crippen LogP contribution in [-0.4, -0.2) is 23.8 Å². The summed E-state index contributed by atoms with van der Waals surface area (Å²) in [4.78, 5) is 16.1. The first-order valence-electron chi connectivity index (χ1n) is 6.99. The van der Waals surface area contributed by atoms with Crippen LogP contribution in [0.15, 0.2) is 47.8 Å². The van der Waals surface area contributed by atoms with Gasteiger partial charge in [0.2, 0.25) is 0 Å². The number of hydrogen-bond donors (Lipinski definition) is 0. The van der Waals surface area contributed by atoms with Crippen LogP contribution in [0.3, 0.4) is 0 Å². The van der Waals surface area contributed by atoms with Gasteiger partial charge in [-0.05, 0) is 31.8 Å². The van der Waals surface area contributed by atoms with Crippen molar-refractivity contribution in [2.75, 3.05) is 7.05 Å². The smallest absolute Gasteiger partial charge is 0.179 e. The summed E-state index contributed by atoms with van der Waals surface area (Å²) in [7, 11) is 2.04. The van der Waals surface area contributed by atoms with Gasteiger partial charge in [-0.3, -0.25) is 9.69 Å². The molecule has 0 aliphatic rings. The SMILES string of the molecule is CCC(C(=O)c1ccccc1)N(C)C(C)c1cccs1. The molecule has 2 unspecified atom stereocenters. The van der Waals surface area contributed by atoms with E-state index in [-0.39, 0.29) is 17.9 Å². The van der Waals surface area contributed by atoms with Crippen molar-refractivity contribution in [3.8, 4) is 0 Å². The average molecular weight is 287 g/mol. The van der Waals surface area contributed by atoms with Crippen LogP contribution in [0.25, 0.3) is 0 Å². The molecular weight excluding hydrogens is 266 g/mol. The lowest BCUT2D eigenvalue weighted by Gasteiger charge is -2.31. The second-order valence-corrected chi connectivity index (χ2v) is 5.99. The number of benzene rings is 1. The van der Waals surface area contributed by atoms with Gasteiger partial charge in [-0.2, -0.15) is 0 Å². The molecule has 0 aliphatic heterocycles. The molecule has 3 heteroatoms. The van der Waals surface area contributed by atoms with Crippen molar-refractivity contribution in [2.45, 2.75) is 32.4 Å². The van der Waals surface area contributed by atoms with Gasteiger partial charge in [0.1, 0.15) is 0 Å². The van der Waals surface area contributed by atoms with E-state index in [0.717, 1.165) is 12.0 Å².